The molecule has 0 spiro atoms. The van der Waals surface area contributed by atoms with Crippen LogP contribution in [0.15, 0.2) is 0 Å². The van der Waals surface area contributed by atoms with E-state index < -0.39 is 11.9 Å². The lowest BCUT2D eigenvalue weighted by molar-refractivity contribution is -0.159. The normalized spacial score (nSPS) is 8.60. The molecule has 0 aromatic carbocycles. The van der Waals surface area contributed by atoms with Gasteiger partial charge in [0, 0.05) is 13.0 Å². The maximum absolute atomic E-state index is 10.1. The molecule has 15 heavy (non-hydrogen) atoms. The Bertz CT molecular complexity index is 205. The van der Waals surface area contributed by atoms with Crippen molar-refractivity contribution in [3.05, 3.63) is 0 Å². The van der Waals surface area contributed by atoms with Crippen LogP contribution in [0.1, 0.15) is 19.8 Å². The summed E-state index contributed by atoms with van der Waals surface area (Å²) in [6.45, 7) is 3.76. The molecule has 0 unspecified atom stereocenters. The van der Waals surface area contributed by atoms with E-state index in [1.165, 1.54) is 0 Å². The largest absolute Gasteiger partial charge is 0.473 e. The van der Waals surface area contributed by atoms with Gasteiger partial charge in [0.1, 0.15) is 0 Å². The number of amides is 1. The first-order chi connectivity index (χ1) is 6.91. The van der Waals surface area contributed by atoms with E-state index in [-0.39, 0.29) is 5.91 Å². The maximum Gasteiger partial charge on any atom is 0.414 e. The average molecular weight is 220 g/mol. The second-order valence-electron chi connectivity index (χ2n) is 2.58. The fourth-order valence-corrected chi connectivity index (χ4v) is 0.513. The third-order valence-electron chi connectivity index (χ3n) is 1.16. The van der Waals surface area contributed by atoms with Gasteiger partial charge in [0.25, 0.3) is 0 Å². The van der Waals surface area contributed by atoms with Gasteiger partial charge in [-0.1, -0.05) is 6.92 Å². The van der Waals surface area contributed by atoms with Crippen LogP contribution in [0.3, 0.4) is 0 Å². The molecule has 0 aromatic rings. The van der Waals surface area contributed by atoms with Crippen molar-refractivity contribution in [2.75, 3.05) is 13.1 Å². The van der Waals surface area contributed by atoms with E-state index in [1.54, 1.807) is 0 Å². The van der Waals surface area contributed by atoms with Crippen molar-refractivity contribution >= 4 is 17.8 Å². The monoisotopic (exact) mass is 220 g/mol. The summed E-state index contributed by atoms with van der Waals surface area (Å²) in [7, 11) is 0. The van der Waals surface area contributed by atoms with E-state index in [0.29, 0.717) is 13.0 Å². The molecule has 1 amide bonds. The molecule has 0 saturated heterocycles. The van der Waals surface area contributed by atoms with Gasteiger partial charge in [-0.05, 0) is 13.0 Å². The number of carboxylic acid groups (broad SMARTS) is 2. The summed E-state index contributed by atoms with van der Waals surface area (Å²) in [4.78, 5) is 28.3. The van der Waals surface area contributed by atoms with Crippen LogP contribution >= 0.6 is 0 Å². The molecule has 0 fully saturated rings. The minimum absolute atomic E-state index is 0.237. The minimum atomic E-state index is -1.82. The minimum Gasteiger partial charge on any atom is -0.473 e. The molecule has 0 aliphatic rings. The molecule has 7 nitrogen and oxygen atoms in total. The van der Waals surface area contributed by atoms with Crippen LogP contribution in [0.4, 0.5) is 0 Å². The molecular formula is C8H16N2O5. The molecule has 0 saturated carbocycles. The summed E-state index contributed by atoms with van der Waals surface area (Å²) in [5.74, 6) is -3.89. The highest BCUT2D eigenvalue weighted by Crippen LogP contribution is 1.73. The Morgan fingerprint density at radius 3 is 1.87 bits per heavy atom. The summed E-state index contributed by atoms with van der Waals surface area (Å²) in [5.41, 5.74) is 4.90. The van der Waals surface area contributed by atoms with Crippen LogP contribution < -0.4 is 11.1 Å². The Morgan fingerprint density at radius 1 is 1.13 bits per heavy atom. The van der Waals surface area contributed by atoms with Gasteiger partial charge in [-0.25, -0.2) is 9.59 Å². The van der Waals surface area contributed by atoms with Crippen molar-refractivity contribution in [3.63, 3.8) is 0 Å². The summed E-state index contributed by atoms with van der Waals surface area (Å²) in [5, 5.41) is 17.8. The SMILES string of the molecule is CCCNCCC(N)=O.O=C(O)C(=O)O. The summed E-state index contributed by atoms with van der Waals surface area (Å²) >= 11 is 0. The molecule has 0 rings (SSSR count). The molecule has 0 heterocycles. The maximum atomic E-state index is 10.1. The van der Waals surface area contributed by atoms with Crippen LogP contribution in [-0.4, -0.2) is 41.1 Å². The van der Waals surface area contributed by atoms with Crippen LogP contribution in [0.5, 0.6) is 0 Å². The lowest BCUT2D eigenvalue weighted by atomic mass is 10.4. The van der Waals surface area contributed by atoms with Gasteiger partial charge in [0.05, 0.1) is 0 Å². The number of carbonyl (C=O) groups excluding carboxylic acids is 1. The van der Waals surface area contributed by atoms with E-state index in [4.69, 9.17) is 25.5 Å². The Kier molecular flexibility index (Phi) is 11.0. The summed E-state index contributed by atoms with van der Waals surface area (Å²) < 4.78 is 0. The highest BCUT2D eigenvalue weighted by Gasteiger charge is 2.04. The number of aliphatic carboxylic acids is 2. The zero-order valence-electron chi connectivity index (χ0n) is 8.52. The van der Waals surface area contributed by atoms with E-state index in [0.717, 1.165) is 13.0 Å². The van der Waals surface area contributed by atoms with Gasteiger partial charge in [-0.15, -0.1) is 0 Å². The fourth-order valence-electron chi connectivity index (χ4n) is 0.513. The second kappa shape index (κ2) is 10.5. The lowest BCUT2D eigenvalue weighted by Crippen LogP contribution is -2.22. The smallest absolute Gasteiger partial charge is 0.414 e. The van der Waals surface area contributed by atoms with E-state index in [2.05, 4.69) is 12.2 Å². The number of hydrogen-bond acceptors (Lipinski definition) is 4. The Labute approximate surface area is 87.3 Å². The van der Waals surface area contributed by atoms with Crippen molar-refractivity contribution in [1.82, 2.24) is 5.32 Å². The number of hydrogen-bond donors (Lipinski definition) is 4. The van der Waals surface area contributed by atoms with Crippen molar-refractivity contribution in [3.8, 4) is 0 Å². The van der Waals surface area contributed by atoms with Gasteiger partial charge in [0.2, 0.25) is 5.91 Å². The number of nitrogens with one attached hydrogen (secondary N) is 1. The van der Waals surface area contributed by atoms with Gasteiger partial charge < -0.3 is 21.3 Å². The van der Waals surface area contributed by atoms with Crippen LogP contribution in [0.2, 0.25) is 0 Å². The van der Waals surface area contributed by atoms with E-state index in [1.807, 2.05) is 0 Å². The fraction of sp³-hybridized carbons (Fsp3) is 0.625. The predicted molar refractivity (Wildman–Crippen MR) is 52.2 cm³/mol. The Hall–Kier alpha value is -1.63. The van der Waals surface area contributed by atoms with Gasteiger partial charge in [0.15, 0.2) is 0 Å². The lowest BCUT2D eigenvalue weighted by Gasteiger charge is -1.97. The predicted octanol–water partition coefficient (Wildman–Crippen LogP) is -0.983. The quantitative estimate of drug-likeness (QED) is 0.348. The molecule has 0 radical (unpaired) electrons. The van der Waals surface area contributed by atoms with Crippen molar-refractivity contribution in [2.24, 2.45) is 5.73 Å². The number of primary amides is 1. The van der Waals surface area contributed by atoms with E-state index in [9.17, 15) is 4.79 Å². The van der Waals surface area contributed by atoms with Gasteiger partial charge in [-0.3, -0.25) is 4.79 Å². The average Bonchev–Trinajstić information content (AvgIpc) is 2.13. The third-order valence-corrected chi connectivity index (χ3v) is 1.16. The first kappa shape index (κ1) is 15.8. The molecular weight excluding hydrogens is 204 g/mol. The molecule has 0 aliphatic heterocycles. The molecule has 0 atom stereocenters. The number of rotatable bonds is 5. The zero-order chi connectivity index (χ0) is 12.3. The Balaban J connectivity index is 0. The molecule has 0 aliphatic carbocycles. The number of carbonyl (C=O) groups is 3. The molecule has 5 N–H and O–H groups in total. The van der Waals surface area contributed by atoms with Crippen molar-refractivity contribution in [2.45, 2.75) is 19.8 Å². The van der Waals surface area contributed by atoms with Crippen molar-refractivity contribution in [1.29, 1.82) is 0 Å². The topological polar surface area (TPSA) is 130 Å². The molecule has 88 valence electrons. The first-order valence-electron chi connectivity index (χ1n) is 4.37. The van der Waals surface area contributed by atoms with E-state index >= 15 is 0 Å². The Morgan fingerprint density at radius 2 is 1.60 bits per heavy atom. The van der Waals surface area contributed by atoms with Gasteiger partial charge >= 0.3 is 11.9 Å². The summed E-state index contributed by atoms with van der Waals surface area (Å²) in [6.07, 6.45) is 1.54. The van der Waals surface area contributed by atoms with Crippen LogP contribution in [0.25, 0.3) is 0 Å². The highest BCUT2D eigenvalue weighted by molar-refractivity contribution is 6.27. The van der Waals surface area contributed by atoms with Crippen LogP contribution in [-0.2, 0) is 14.4 Å². The molecule has 0 aromatic heterocycles. The third kappa shape index (κ3) is 19.0. The molecule has 7 heteroatoms. The number of nitrogens with two attached hydrogens (primary N) is 1. The van der Waals surface area contributed by atoms with Crippen LogP contribution in [0, 0.1) is 0 Å². The second-order valence-corrected chi connectivity index (χ2v) is 2.58. The molecule has 0 bridgehead atoms. The standard InChI is InChI=1S/C6H14N2O.C2H2O4/c1-2-4-8-5-3-6(7)9;3-1(4)2(5)6/h8H,2-5H2,1H3,(H2,7,9);(H,3,4)(H,5,6). The first-order valence-corrected chi connectivity index (χ1v) is 4.37. The van der Waals surface area contributed by atoms with Gasteiger partial charge in [-0.2, -0.15) is 0 Å². The summed E-state index contributed by atoms with van der Waals surface area (Å²) in [6, 6.07) is 0. The van der Waals surface area contributed by atoms with Crippen molar-refractivity contribution < 1.29 is 24.6 Å². The highest BCUT2D eigenvalue weighted by atomic mass is 16.4. The zero-order valence-corrected chi connectivity index (χ0v) is 8.52. The number of carboxylic acids is 2.